The Morgan fingerprint density at radius 3 is 0.925 bits per heavy atom. The van der Waals surface area contributed by atoms with E-state index in [-0.39, 0.29) is 31.1 Å². The molecule has 0 aliphatic rings. The highest BCUT2D eigenvalue weighted by Crippen LogP contribution is 2.14. The van der Waals surface area contributed by atoms with Gasteiger partial charge in [0.05, 0.1) is 0 Å². The van der Waals surface area contributed by atoms with Gasteiger partial charge in [-0.15, -0.1) is 0 Å². The molecule has 0 aliphatic carbocycles. The van der Waals surface area contributed by atoms with Gasteiger partial charge in [-0.1, -0.05) is 227 Å². The third-order valence-corrected chi connectivity index (χ3v) is 11.6. The predicted octanol–water partition coefficient (Wildman–Crippen LogP) is 18.5. The van der Waals surface area contributed by atoms with Crippen molar-refractivity contribution in [3.05, 3.63) is 97.2 Å². The second kappa shape index (κ2) is 54.9. The maximum Gasteiger partial charge on any atom is 0.306 e. The average Bonchev–Trinajstić information content (AvgIpc) is 3.33. The van der Waals surface area contributed by atoms with Gasteiger partial charge in [0, 0.05) is 19.3 Å². The fraction of sp³-hybridized carbons (Fsp3) is 0.689. The number of unbranched alkanes of at least 4 members (excludes halogenated alkanes) is 22. The van der Waals surface area contributed by atoms with Crippen LogP contribution < -0.4 is 0 Å². The first-order chi connectivity index (χ1) is 33.0. The minimum atomic E-state index is -0.787. The number of rotatable bonds is 49. The van der Waals surface area contributed by atoms with Crippen molar-refractivity contribution in [1.82, 2.24) is 0 Å². The fourth-order valence-corrected chi connectivity index (χ4v) is 7.42. The fourth-order valence-electron chi connectivity index (χ4n) is 7.42. The minimum Gasteiger partial charge on any atom is -0.462 e. The molecule has 0 aromatic heterocycles. The van der Waals surface area contributed by atoms with Crippen LogP contribution in [0.3, 0.4) is 0 Å². The predicted molar refractivity (Wildman–Crippen MR) is 288 cm³/mol. The number of ether oxygens (including phenoxy) is 3. The van der Waals surface area contributed by atoms with Gasteiger partial charge >= 0.3 is 17.9 Å². The standard InChI is InChI=1S/C61H102O6/c1-4-7-10-13-16-19-21-23-25-26-27-28-29-30-31-32-33-34-35-36-37-39-40-42-45-48-51-54-60(63)66-57-58(56-65-59(62)53-50-47-44-18-15-12-9-6-3)67-61(64)55-52-49-46-43-41-38-24-22-20-17-14-11-8-5-2/h7,10,16,19,22-25,27-28,30-31,33-34,36-37,58H,4-6,8-9,11-15,17-18,20-21,26,29,32,35,38-57H2,1-3H3/b10-7-,19-16-,24-22-,25-23-,28-27-,31-30-,34-33-,37-36-. The molecule has 0 spiro atoms. The summed E-state index contributed by atoms with van der Waals surface area (Å²) in [5.74, 6) is -0.920. The Kier molecular flexibility index (Phi) is 51.9. The molecule has 0 bridgehead atoms. The van der Waals surface area contributed by atoms with E-state index in [2.05, 4.69) is 118 Å². The third kappa shape index (κ3) is 53.2. The van der Waals surface area contributed by atoms with Crippen LogP contribution in [0.25, 0.3) is 0 Å². The van der Waals surface area contributed by atoms with Gasteiger partial charge in [-0.2, -0.15) is 0 Å². The van der Waals surface area contributed by atoms with Gasteiger partial charge in [0.2, 0.25) is 0 Å². The SMILES string of the molecule is CC/C=C\C/C=C\C/C=C\C/C=C\C/C=C\C/C=C\C/C=C\CCCCCCCC(=O)OCC(COC(=O)CCCCCCCCCC)OC(=O)CCCCCCC/C=C\CCCCCCC. The summed E-state index contributed by atoms with van der Waals surface area (Å²) in [6, 6.07) is 0. The lowest BCUT2D eigenvalue weighted by Gasteiger charge is -2.18. The number of carbonyl (C=O) groups is 3. The van der Waals surface area contributed by atoms with Crippen LogP contribution in [-0.4, -0.2) is 37.2 Å². The monoisotopic (exact) mass is 931 g/mol. The Balaban J connectivity index is 4.27. The highest BCUT2D eigenvalue weighted by molar-refractivity contribution is 5.71. The van der Waals surface area contributed by atoms with E-state index < -0.39 is 6.10 Å². The maximum atomic E-state index is 12.8. The topological polar surface area (TPSA) is 78.9 Å². The molecule has 0 rings (SSSR count). The molecule has 0 amide bonds. The van der Waals surface area contributed by atoms with Crippen molar-refractivity contribution in [2.45, 2.75) is 258 Å². The molecule has 67 heavy (non-hydrogen) atoms. The van der Waals surface area contributed by atoms with Crippen LogP contribution in [0.4, 0.5) is 0 Å². The lowest BCUT2D eigenvalue weighted by molar-refractivity contribution is -0.167. The maximum absolute atomic E-state index is 12.8. The molecule has 0 N–H and O–H groups in total. The Labute approximate surface area is 413 Å². The molecule has 0 aliphatic heterocycles. The number of allylic oxidation sites excluding steroid dienone is 16. The van der Waals surface area contributed by atoms with E-state index in [4.69, 9.17) is 14.2 Å². The minimum absolute atomic E-state index is 0.0863. The van der Waals surface area contributed by atoms with Crippen molar-refractivity contribution in [3.8, 4) is 0 Å². The summed E-state index contributed by atoms with van der Waals surface area (Å²) in [4.78, 5) is 37.9. The van der Waals surface area contributed by atoms with E-state index in [9.17, 15) is 14.4 Å². The number of esters is 3. The zero-order chi connectivity index (χ0) is 48.6. The first-order valence-corrected chi connectivity index (χ1v) is 27.7. The molecular formula is C61H102O6. The molecule has 0 saturated carbocycles. The van der Waals surface area contributed by atoms with Crippen molar-refractivity contribution < 1.29 is 28.6 Å². The highest BCUT2D eigenvalue weighted by atomic mass is 16.6. The highest BCUT2D eigenvalue weighted by Gasteiger charge is 2.19. The first-order valence-electron chi connectivity index (χ1n) is 27.7. The van der Waals surface area contributed by atoms with E-state index in [0.717, 1.165) is 135 Å². The number of hydrogen-bond donors (Lipinski definition) is 0. The van der Waals surface area contributed by atoms with Gasteiger partial charge in [-0.25, -0.2) is 0 Å². The first kappa shape index (κ1) is 63.3. The van der Waals surface area contributed by atoms with E-state index >= 15 is 0 Å². The molecule has 1 atom stereocenters. The summed E-state index contributed by atoms with van der Waals surface area (Å²) in [6.07, 6.45) is 72.6. The van der Waals surface area contributed by atoms with E-state index in [1.165, 1.54) is 77.0 Å². The molecule has 0 saturated heterocycles. The molecule has 0 heterocycles. The molecule has 0 aromatic carbocycles. The Bertz CT molecular complexity index is 1350. The van der Waals surface area contributed by atoms with Crippen molar-refractivity contribution in [1.29, 1.82) is 0 Å². The van der Waals surface area contributed by atoms with Crippen LogP contribution in [0.1, 0.15) is 252 Å². The second-order valence-corrected chi connectivity index (χ2v) is 18.1. The summed E-state index contributed by atoms with van der Waals surface area (Å²) < 4.78 is 16.7. The lowest BCUT2D eigenvalue weighted by atomic mass is 10.1. The zero-order valence-corrected chi connectivity index (χ0v) is 43.6. The van der Waals surface area contributed by atoms with E-state index in [1.54, 1.807) is 0 Å². The van der Waals surface area contributed by atoms with Gasteiger partial charge in [0.25, 0.3) is 0 Å². The molecule has 0 fully saturated rings. The van der Waals surface area contributed by atoms with E-state index in [1.807, 2.05) is 0 Å². The quantitative estimate of drug-likeness (QED) is 0.0262. The molecule has 0 aromatic rings. The number of hydrogen-bond acceptors (Lipinski definition) is 6. The Morgan fingerprint density at radius 1 is 0.313 bits per heavy atom. The smallest absolute Gasteiger partial charge is 0.306 e. The third-order valence-electron chi connectivity index (χ3n) is 11.6. The molecule has 382 valence electrons. The van der Waals surface area contributed by atoms with Gasteiger partial charge in [-0.3, -0.25) is 14.4 Å². The summed E-state index contributed by atoms with van der Waals surface area (Å²) in [5, 5.41) is 0. The van der Waals surface area contributed by atoms with Crippen molar-refractivity contribution in [3.63, 3.8) is 0 Å². The van der Waals surface area contributed by atoms with Crippen molar-refractivity contribution in [2.24, 2.45) is 0 Å². The molecule has 1 unspecified atom stereocenters. The molecule has 6 heteroatoms. The van der Waals surface area contributed by atoms with Crippen LogP contribution in [0.2, 0.25) is 0 Å². The summed E-state index contributed by atoms with van der Waals surface area (Å²) >= 11 is 0. The number of carbonyl (C=O) groups excluding carboxylic acids is 3. The summed E-state index contributed by atoms with van der Waals surface area (Å²) in [5.41, 5.74) is 0. The van der Waals surface area contributed by atoms with Crippen LogP contribution >= 0.6 is 0 Å². The van der Waals surface area contributed by atoms with Crippen molar-refractivity contribution >= 4 is 17.9 Å². The van der Waals surface area contributed by atoms with Gasteiger partial charge in [0.15, 0.2) is 6.10 Å². The van der Waals surface area contributed by atoms with Crippen LogP contribution in [0.15, 0.2) is 97.2 Å². The van der Waals surface area contributed by atoms with Crippen molar-refractivity contribution in [2.75, 3.05) is 13.2 Å². The Morgan fingerprint density at radius 2 is 0.582 bits per heavy atom. The largest absolute Gasteiger partial charge is 0.462 e. The Hall–Kier alpha value is -3.67. The van der Waals surface area contributed by atoms with E-state index in [0.29, 0.717) is 19.3 Å². The average molecular weight is 931 g/mol. The summed E-state index contributed by atoms with van der Waals surface area (Å²) in [6.45, 7) is 6.46. The van der Waals surface area contributed by atoms with Gasteiger partial charge < -0.3 is 14.2 Å². The molecule has 6 nitrogen and oxygen atoms in total. The van der Waals surface area contributed by atoms with Crippen LogP contribution in [-0.2, 0) is 28.6 Å². The molecular weight excluding hydrogens is 829 g/mol. The van der Waals surface area contributed by atoms with Crippen LogP contribution in [0, 0.1) is 0 Å². The van der Waals surface area contributed by atoms with Crippen LogP contribution in [0.5, 0.6) is 0 Å². The lowest BCUT2D eigenvalue weighted by Crippen LogP contribution is -2.30. The second-order valence-electron chi connectivity index (χ2n) is 18.1. The van der Waals surface area contributed by atoms with Gasteiger partial charge in [0.1, 0.15) is 13.2 Å². The van der Waals surface area contributed by atoms with Gasteiger partial charge in [-0.05, 0) is 103 Å². The molecule has 0 radical (unpaired) electrons. The zero-order valence-electron chi connectivity index (χ0n) is 43.6. The summed E-state index contributed by atoms with van der Waals surface area (Å²) in [7, 11) is 0. The normalized spacial score (nSPS) is 12.8.